The monoisotopic (exact) mass is 608 g/mol. The van der Waals surface area contributed by atoms with Crippen LogP contribution in [0, 0.1) is 11.6 Å². The highest BCUT2D eigenvalue weighted by atomic mass is 32.1. The molecule has 1 N–H and O–H groups in total. The molecule has 2 aliphatic heterocycles. The van der Waals surface area contributed by atoms with Crippen molar-refractivity contribution < 1.29 is 18.3 Å². The number of likely N-dealkylation sites (tertiary alicyclic amines) is 1. The second-order valence-corrected chi connectivity index (χ2v) is 12.5. The molecule has 43 heavy (non-hydrogen) atoms. The number of anilines is 3. The van der Waals surface area contributed by atoms with Crippen LogP contribution in [-0.2, 0) is 4.79 Å². The van der Waals surface area contributed by atoms with Crippen LogP contribution in [0.2, 0.25) is 0 Å². The first kappa shape index (κ1) is 29.1. The van der Waals surface area contributed by atoms with Gasteiger partial charge in [0.2, 0.25) is 11.9 Å². The molecule has 4 aromatic rings. The summed E-state index contributed by atoms with van der Waals surface area (Å²) in [4.78, 5) is 37.0. The van der Waals surface area contributed by atoms with E-state index in [0.29, 0.717) is 49.7 Å². The van der Waals surface area contributed by atoms with Crippen LogP contribution in [0.1, 0.15) is 37.6 Å². The molecule has 3 aromatic heterocycles. The van der Waals surface area contributed by atoms with E-state index in [-0.39, 0.29) is 35.3 Å². The van der Waals surface area contributed by atoms with Crippen LogP contribution in [0.15, 0.2) is 30.6 Å². The Hall–Kier alpha value is -3.97. The van der Waals surface area contributed by atoms with Crippen molar-refractivity contribution in [2.24, 2.45) is 0 Å². The van der Waals surface area contributed by atoms with Gasteiger partial charge >= 0.3 is 0 Å². The molecule has 0 atom stereocenters. The highest BCUT2D eigenvalue weighted by Gasteiger charge is 2.27. The van der Waals surface area contributed by atoms with E-state index in [1.54, 1.807) is 23.6 Å². The molecule has 13 heteroatoms. The Bertz CT molecular complexity index is 1650. The lowest BCUT2D eigenvalue weighted by Gasteiger charge is -2.34. The number of nitrogens with zero attached hydrogens (tertiary/aromatic N) is 7. The van der Waals surface area contributed by atoms with Crippen LogP contribution in [0.4, 0.5) is 26.1 Å². The zero-order chi connectivity index (χ0) is 30.2. The van der Waals surface area contributed by atoms with Crippen molar-refractivity contribution in [3.05, 3.63) is 47.2 Å². The minimum Gasteiger partial charge on any atom is -0.486 e. The van der Waals surface area contributed by atoms with Crippen molar-refractivity contribution in [3.63, 3.8) is 0 Å². The van der Waals surface area contributed by atoms with Crippen LogP contribution in [0.3, 0.4) is 0 Å². The molecule has 2 aliphatic rings. The molecule has 1 saturated heterocycles. The minimum absolute atomic E-state index is 0.0196. The molecule has 1 aromatic carbocycles. The summed E-state index contributed by atoms with van der Waals surface area (Å²) in [7, 11) is 3.80. The Morgan fingerprint density at radius 3 is 2.63 bits per heavy atom. The molecule has 1 amide bonds. The summed E-state index contributed by atoms with van der Waals surface area (Å²) < 4.78 is 35.6. The molecule has 0 unspecified atom stereocenters. The van der Waals surface area contributed by atoms with Gasteiger partial charge in [-0.05, 0) is 59.0 Å². The SMILES string of the molecule is CC(C)N1CCOc2c(F)cc(-c3nc(Nc4cnc5sc(C6CCN(C(=O)CN(C)C)CC6)nc5c4)ncc3F)cc21. The molecule has 1 fully saturated rings. The van der Waals surface area contributed by atoms with Gasteiger partial charge in [-0.25, -0.2) is 28.7 Å². The van der Waals surface area contributed by atoms with E-state index in [1.165, 1.54) is 6.07 Å². The molecule has 0 bridgehead atoms. The number of ether oxygens (including phenoxy) is 1. The van der Waals surface area contributed by atoms with Crippen LogP contribution < -0.4 is 15.0 Å². The number of amides is 1. The minimum atomic E-state index is -0.662. The number of piperidine rings is 1. The number of hydrogen-bond acceptors (Lipinski definition) is 10. The number of thiazole rings is 1. The van der Waals surface area contributed by atoms with E-state index >= 15 is 4.39 Å². The summed E-state index contributed by atoms with van der Waals surface area (Å²) in [5.74, 6) is -0.481. The third-order valence-electron chi connectivity index (χ3n) is 7.72. The third-order valence-corrected chi connectivity index (χ3v) is 8.86. The summed E-state index contributed by atoms with van der Waals surface area (Å²) in [6.45, 7) is 6.87. The average Bonchev–Trinajstić information content (AvgIpc) is 3.41. The molecule has 0 spiro atoms. The molecule has 5 heterocycles. The number of halogens is 2. The first-order valence-electron chi connectivity index (χ1n) is 14.4. The second-order valence-electron chi connectivity index (χ2n) is 11.5. The average molecular weight is 609 g/mol. The van der Waals surface area contributed by atoms with Gasteiger partial charge in [-0.15, -0.1) is 0 Å². The van der Waals surface area contributed by atoms with Crippen LogP contribution >= 0.6 is 11.3 Å². The third kappa shape index (κ3) is 6.09. The topological polar surface area (TPSA) is 99.6 Å². The smallest absolute Gasteiger partial charge is 0.236 e. The maximum atomic E-state index is 15.1. The van der Waals surface area contributed by atoms with E-state index in [9.17, 15) is 9.18 Å². The number of fused-ring (bicyclic) bond motifs is 2. The molecular formula is C30H34F2N8O2S. The Balaban J connectivity index is 1.20. The van der Waals surface area contributed by atoms with Crippen molar-refractivity contribution in [2.75, 3.05) is 57.1 Å². The van der Waals surface area contributed by atoms with Crippen LogP contribution in [-0.4, -0.2) is 88.6 Å². The van der Waals surface area contributed by atoms with Crippen LogP contribution in [0.5, 0.6) is 5.75 Å². The number of benzene rings is 1. The summed E-state index contributed by atoms with van der Waals surface area (Å²) >= 11 is 1.56. The summed E-state index contributed by atoms with van der Waals surface area (Å²) in [5.41, 5.74) is 2.19. The zero-order valence-electron chi connectivity index (χ0n) is 24.6. The Morgan fingerprint density at radius 1 is 1.09 bits per heavy atom. The van der Waals surface area contributed by atoms with Gasteiger partial charge in [0.1, 0.15) is 22.6 Å². The van der Waals surface area contributed by atoms with Gasteiger partial charge in [0.05, 0.1) is 41.9 Å². The lowest BCUT2D eigenvalue weighted by molar-refractivity contribution is -0.132. The fourth-order valence-electron chi connectivity index (χ4n) is 5.56. The predicted octanol–water partition coefficient (Wildman–Crippen LogP) is 5.04. The second kappa shape index (κ2) is 12.0. The number of likely N-dealkylation sites (N-methyl/N-ethyl adjacent to an activating group) is 1. The predicted molar refractivity (Wildman–Crippen MR) is 163 cm³/mol. The summed E-state index contributed by atoms with van der Waals surface area (Å²) in [6, 6.07) is 4.93. The fraction of sp³-hybridized carbons (Fsp3) is 0.433. The standard InChI is InChI=1S/C30H34F2N8O2S/c1-17(2)40-9-10-42-27-21(31)11-19(12-24(27)40)26-22(32)15-34-30(37-26)35-20-13-23-29(33-14-20)43-28(36-23)18-5-7-39(8-6-18)25(41)16-38(3)4/h11-15,17-18H,5-10,16H2,1-4H3,(H,34,35,37). The Kier molecular flexibility index (Phi) is 8.10. The highest BCUT2D eigenvalue weighted by molar-refractivity contribution is 7.18. The van der Waals surface area contributed by atoms with Gasteiger partial charge in [0.25, 0.3) is 0 Å². The molecule has 226 valence electrons. The number of carbonyl (C=O) groups is 1. The quantitative estimate of drug-likeness (QED) is 0.309. The zero-order valence-corrected chi connectivity index (χ0v) is 25.4. The number of nitrogens with one attached hydrogen (secondary N) is 1. The normalized spacial score (nSPS) is 15.7. The van der Waals surface area contributed by atoms with E-state index in [1.807, 2.05) is 48.7 Å². The lowest BCUT2D eigenvalue weighted by Crippen LogP contribution is -2.42. The number of rotatable bonds is 7. The van der Waals surface area contributed by atoms with Crippen molar-refractivity contribution >= 4 is 44.9 Å². The van der Waals surface area contributed by atoms with Crippen molar-refractivity contribution in [1.29, 1.82) is 0 Å². The summed E-state index contributed by atoms with van der Waals surface area (Å²) in [5, 5.41) is 4.10. The molecule has 0 radical (unpaired) electrons. The molecule has 0 saturated carbocycles. The molecule has 6 rings (SSSR count). The largest absolute Gasteiger partial charge is 0.486 e. The van der Waals surface area contributed by atoms with Crippen LogP contribution in [0.25, 0.3) is 21.6 Å². The highest BCUT2D eigenvalue weighted by Crippen LogP contribution is 2.40. The van der Waals surface area contributed by atoms with E-state index < -0.39 is 11.6 Å². The van der Waals surface area contributed by atoms with Crippen molar-refractivity contribution in [3.8, 4) is 17.0 Å². The first-order chi connectivity index (χ1) is 20.7. The maximum absolute atomic E-state index is 15.1. The fourth-order valence-corrected chi connectivity index (χ4v) is 6.62. The summed E-state index contributed by atoms with van der Waals surface area (Å²) in [6.07, 6.45) is 4.46. The number of carbonyl (C=O) groups excluding carboxylic acids is 1. The van der Waals surface area contributed by atoms with E-state index in [0.717, 1.165) is 34.4 Å². The number of aromatic nitrogens is 4. The Morgan fingerprint density at radius 2 is 1.88 bits per heavy atom. The van der Waals surface area contributed by atoms with Gasteiger partial charge in [0.15, 0.2) is 17.4 Å². The van der Waals surface area contributed by atoms with Gasteiger partial charge in [-0.2, -0.15) is 0 Å². The number of pyridine rings is 1. The molecular weight excluding hydrogens is 574 g/mol. The van der Waals surface area contributed by atoms with E-state index in [2.05, 4.69) is 20.3 Å². The molecule has 0 aliphatic carbocycles. The van der Waals surface area contributed by atoms with Crippen molar-refractivity contribution in [1.82, 2.24) is 29.7 Å². The van der Waals surface area contributed by atoms with Gasteiger partial charge in [-0.1, -0.05) is 11.3 Å². The van der Waals surface area contributed by atoms with Crippen molar-refractivity contribution in [2.45, 2.75) is 38.6 Å². The van der Waals surface area contributed by atoms with E-state index in [4.69, 9.17) is 9.72 Å². The first-order valence-corrected chi connectivity index (χ1v) is 15.2. The number of hydrogen-bond donors (Lipinski definition) is 1. The van der Waals surface area contributed by atoms with Gasteiger partial charge in [-0.3, -0.25) is 4.79 Å². The van der Waals surface area contributed by atoms with Gasteiger partial charge < -0.3 is 24.8 Å². The Labute approximate surface area is 252 Å². The lowest BCUT2D eigenvalue weighted by atomic mass is 9.97. The molecule has 10 nitrogen and oxygen atoms in total. The van der Waals surface area contributed by atoms with Gasteiger partial charge in [0, 0.05) is 30.6 Å². The maximum Gasteiger partial charge on any atom is 0.236 e.